The zero-order valence-corrected chi connectivity index (χ0v) is 17.9. The highest BCUT2D eigenvalue weighted by molar-refractivity contribution is 6.30. The molecule has 2 aliphatic rings. The molecule has 1 saturated heterocycles. The predicted octanol–water partition coefficient (Wildman–Crippen LogP) is 3.80. The molecule has 2 atom stereocenters. The number of piperidine rings is 1. The van der Waals surface area contributed by atoms with Crippen LogP contribution in [0.2, 0.25) is 5.02 Å². The fourth-order valence-corrected chi connectivity index (χ4v) is 4.02. The monoisotopic (exact) mass is 408 g/mol. The van der Waals surface area contributed by atoms with Crippen molar-refractivity contribution in [2.24, 2.45) is 5.41 Å². The van der Waals surface area contributed by atoms with Crippen molar-refractivity contribution in [3.8, 4) is 5.75 Å². The average Bonchev–Trinajstić information content (AvgIpc) is 2.97. The van der Waals surface area contributed by atoms with E-state index in [0.29, 0.717) is 31.0 Å². The van der Waals surface area contributed by atoms with Gasteiger partial charge in [-0.15, -0.1) is 0 Å². The molecule has 6 nitrogen and oxygen atoms in total. The minimum Gasteiger partial charge on any atom is -0.480 e. The fourth-order valence-electron chi connectivity index (χ4n) is 3.82. The predicted molar refractivity (Wildman–Crippen MR) is 108 cm³/mol. The molecule has 2 unspecified atom stereocenters. The summed E-state index contributed by atoms with van der Waals surface area (Å²) in [4.78, 5) is 27.0. The van der Waals surface area contributed by atoms with Crippen LogP contribution in [0.5, 0.6) is 5.75 Å². The molecule has 0 aromatic heterocycles. The van der Waals surface area contributed by atoms with Gasteiger partial charge in [0.2, 0.25) is 0 Å². The van der Waals surface area contributed by atoms with Crippen molar-refractivity contribution < 1.29 is 19.1 Å². The number of fused-ring (bicyclic) bond motifs is 1. The largest absolute Gasteiger partial charge is 0.480 e. The van der Waals surface area contributed by atoms with Gasteiger partial charge in [0.05, 0.1) is 0 Å². The molecular weight excluding hydrogens is 380 g/mol. The summed E-state index contributed by atoms with van der Waals surface area (Å²) in [5, 5.41) is 3.61. The number of carbonyl (C=O) groups excluding carboxylic acids is 2. The van der Waals surface area contributed by atoms with Crippen molar-refractivity contribution in [2.75, 3.05) is 13.1 Å². The minimum absolute atomic E-state index is 0.0175. The van der Waals surface area contributed by atoms with Gasteiger partial charge in [0, 0.05) is 36.0 Å². The third kappa shape index (κ3) is 4.72. The second kappa shape index (κ2) is 7.47. The Morgan fingerprint density at radius 1 is 1.32 bits per heavy atom. The molecule has 2 heterocycles. The highest BCUT2D eigenvalue weighted by Crippen LogP contribution is 2.34. The molecule has 0 bridgehead atoms. The number of carbonyl (C=O) groups is 2. The molecule has 1 fully saturated rings. The molecule has 0 aliphatic carbocycles. The Labute approximate surface area is 171 Å². The van der Waals surface area contributed by atoms with E-state index in [4.69, 9.17) is 21.1 Å². The first-order chi connectivity index (χ1) is 12.9. The Bertz CT molecular complexity index is 772. The third-order valence-electron chi connectivity index (χ3n) is 5.20. The Balaban J connectivity index is 1.60. The quantitative estimate of drug-likeness (QED) is 0.808. The number of alkyl carbamates (subject to hydrolysis) is 1. The van der Waals surface area contributed by atoms with Crippen molar-refractivity contribution in [3.63, 3.8) is 0 Å². The van der Waals surface area contributed by atoms with Gasteiger partial charge in [-0.05, 0) is 51.0 Å². The van der Waals surface area contributed by atoms with E-state index in [1.165, 1.54) is 0 Å². The van der Waals surface area contributed by atoms with Crippen molar-refractivity contribution in [1.29, 1.82) is 0 Å². The summed E-state index contributed by atoms with van der Waals surface area (Å²) in [5.41, 5.74) is 0.147. The lowest BCUT2D eigenvalue weighted by Gasteiger charge is -2.44. The normalized spacial score (nSPS) is 23.6. The van der Waals surface area contributed by atoms with Gasteiger partial charge in [-0.2, -0.15) is 0 Å². The molecule has 2 aliphatic heterocycles. The van der Waals surface area contributed by atoms with E-state index in [1.807, 2.05) is 37.8 Å². The number of halogens is 1. The Morgan fingerprint density at radius 3 is 2.68 bits per heavy atom. The molecule has 28 heavy (non-hydrogen) atoms. The van der Waals surface area contributed by atoms with Crippen LogP contribution >= 0.6 is 11.6 Å². The number of hydrogen-bond acceptors (Lipinski definition) is 4. The summed E-state index contributed by atoms with van der Waals surface area (Å²) in [6.07, 6.45) is 0.269. The molecule has 2 amide bonds. The van der Waals surface area contributed by atoms with Crippen LogP contribution in [0.15, 0.2) is 18.2 Å². The van der Waals surface area contributed by atoms with Crippen LogP contribution in [0.1, 0.15) is 46.6 Å². The Kier molecular flexibility index (Phi) is 5.54. The summed E-state index contributed by atoms with van der Waals surface area (Å²) < 4.78 is 11.2. The van der Waals surface area contributed by atoms with Gasteiger partial charge in [0.25, 0.3) is 5.91 Å². The number of amides is 2. The van der Waals surface area contributed by atoms with E-state index < -0.39 is 17.8 Å². The zero-order valence-electron chi connectivity index (χ0n) is 17.2. The van der Waals surface area contributed by atoms with Crippen LogP contribution in [0.3, 0.4) is 0 Å². The minimum atomic E-state index is -0.539. The third-order valence-corrected chi connectivity index (χ3v) is 5.44. The first-order valence-corrected chi connectivity index (χ1v) is 10.1. The summed E-state index contributed by atoms with van der Waals surface area (Å²) in [6, 6.07) is 5.37. The van der Waals surface area contributed by atoms with Crippen molar-refractivity contribution >= 4 is 23.6 Å². The van der Waals surface area contributed by atoms with Gasteiger partial charge in [0.15, 0.2) is 6.10 Å². The van der Waals surface area contributed by atoms with Crippen LogP contribution in [0.25, 0.3) is 0 Å². The molecule has 1 aromatic rings. The SMILES string of the molecule is CC(C)(C)OC(=O)NC1CCN(C(=O)C2Cc3cc(Cl)ccc3O2)CC1(C)C. The van der Waals surface area contributed by atoms with Crippen LogP contribution in [0, 0.1) is 5.41 Å². The van der Waals surface area contributed by atoms with Gasteiger partial charge in [-0.1, -0.05) is 25.4 Å². The molecule has 7 heteroatoms. The number of hydrogen-bond donors (Lipinski definition) is 1. The second-order valence-electron chi connectivity index (χ2n) is 9.30. The summed E-state index contributed by atoms with van der Waals surface area (Å²) in [7, 11) is 0. The Hall–Kier alpha value is -1.95. The van der Waals surface area contributed by atoms with E-state index in [9.17, 15) is 9.59 Å². The highest BCUT2D eigenvalue weighted by Gasteiger charge is 2.42. The summed E-state index contributed by atoms with van der Waals surface area (Å²) in [6.45, 7) is 10.7. The number of nitrogens with zero attached hydrogens (tertiary/aromatic N) is 1. The van der Waals surface area contributed by atoms with E-state index in [-0.39, 0.29) is 17.4 Å². The summed E-state index contributed by atoms with van der Waals surface area (Å²) in [5.74, 6) is 0.708. The Morgan fingerprint density at radius 2 is 2.04 bits per heavy atom. The standard InChI is InChI=1S/C21H29ClN2O4/c1-20(2,3)28-19(26)23-17-8-9-24(12-21(17,4)5)18(25)16-11-13-10-14(22)6-7-15(13)27-16/h6-7,10,16-17H,8-9,11-12H2,1-5H3,(H,23,26). The van der Waals surface area contributed by atoms with E-state index >= 15 is 0 Å². The van der Waals surface area contributed by atoms with E-state index in [2.05, 4.69) is 19.2 Å². The molecule has 1 aromatic carbocycles. The lowest BCUT2D eigenvalue weighted by molar-refractivity contribution is -0.141. The number of likely N-dealkylation sites (tertiary alicyclic amines) is 1. The number of benzene rings is 1. The number of ether oxygens (including phenoxy) is 2. The van der Waals surface area contributed by atoms with E-state index in [0.717, 1.165) is 11.3 Å². The van der Waals surface area contributed by atoms with Gasteiger partial charge in [0.1, 0.15) is 11.4 Å². The van der Waals surface area contributed by atoms with Crippen LogP contribution in [-0.2, 0) is 16.0 Å². The maximum Gasteiger partial charge on any atom is 0.407 e. The first-order valence-electron chi connectivity index (χ1n) is 9.68. The maximum atomic E-state index is 13.0. The van der Waals surface area contributed by atoms with Crippen molar-refractivity contribution in [1.82, 2.24) is 10.2 Å². The molecule has 3 rings (SSSR count). The molecule has 0 radical (unpaired) electrons. The second-order valence-corrected chi connectivity index (χ2v) is 9.73. The van der Waals surface area contributed by atoms with Crippen LogP contribution in [-0.4, -0.2) is 47.7 Å². The zero-order chi connectivity index (χ0) is 20.7. The average molecular weight is 409 g/mol. The molecule has 0 spiro atoms. The number of rotatable bonds is 2. The van der Waals surface area contributed by atoms with Gasteiger partial charge in [-0.3, -0.25) is 4.79 Å². The van der Waals surface area contributed by atoms with Gasteiger partial charge < -0.3 is 19.7 Å². The smallest absolute Gasteiger partial charge is 0.407 e. The van der Waals surface area contributed by atoms with Gasteiger partial charge in [-0.25, -0.2) is 4.79 Å². The maximum absolute atomic E-state index is 13.0. The van der Waals surface area contributed by atoms with Crippen LogP contribution in [0.4, 0.5) is 4.79 Å². The lowest BCUT2D eigenvalue weighted by atomic mass is 9.79. The molecule has 1 N–H and O–H groups in total. The van der Waals surface area contributed by atoms with Crippen molar-refractivity contribution in [2.45, 2.75) is 65.2 Å². The molecule has 154 valence electrons. The topological polar surface area (TPSA) is 67.9 Å². The molecular formula is C21H29ClN2O4. The van der Waals surface area contributed by atoms with Crippen LogP contribution < -0.4 is 10.1 Å². The fraction of sp³-hybridized carbons (Fsp3) is 0.619. The number of nitrogens with one attached hydrogen (secondary N) is 1. The first kappa shape index (κ1) is 20.8. The summed E-state index contributed by atoms with van der Waals surface area (Å²) >= 11 is 6.04. The lowest BCUT2D eigenvalue weighted by Crippen LogP contribution is -2.58. The van der Waals surface area contributed by atoms with Gasteiger partial charge >= 0.3 is 6.09 Å². The van der Waals surface area contributed by atoms with E-state index in [1.54, 1.807) is 6.07 Å². The highest BCUT2D eigenvalue weighted by atomic mass is 35.5. The van der Waals surface area contributed by atoms with Crippen molar-refractivity contribution in [3.05, 3.63) is 28.8 Å². The molecule has 0 saturated carbocycles.